The van der Waals surface area contributed by atoms with Crippen molar-refractivity contribution >= 4 is 26.7 Å². The van der Waals surface area contributed by atoms with E-state index in [2.05, 4.69) is 4.18 Å². The van der Waals surface area contributed by atoms with E-state index in [0.29, 0.717) is 0 Å². The minimum atomic E-state index is -5.10. The zero-order valence-corrected chi connectivity index (χ0v) is 24.9. The molecule has 0 aromatic heterocycles. The number of aliphatic carboxylic acids is 1. The van der Waals surface area contributed by atoms with Gasteiger partial charge < -0.3 is 43.1 Å². The van der Waals surface area contributed by atoms with Crippen LogP contribution in [0.5, 0.6) is 0 Å². The fourth-order valence-electron chi connectivity index (χ4n) is 3.16. The minimum Gasteiger partial charge on any atom is -0.735 e. The average Bonchev–Trinajstić information content (AvgIpc) is 3.34. The zero-order valence-electron chi connectivity index (χ0n) is 17.3. The first kappa shape index (κ1) is 34.0. The number of carboxylic acid groups (broad SMARTS) is 1. The van der Waals surface area contributed by atoms with E-state index in [-0.39, 0.29) is 95.3 Å². The third-order valence-corrected chi connectivity index (χ3v) is 5.41. The van der Waals surface area contributed by atoms with Crippen LogP contribution in [-0.2, 0) is 48.6 Å². The van der Waals surface area contributed by atoms with E-state index in [0.717, 1.165) is 0 Å². The Balaban J connectivity index is 0.00000320. The van der Waals surface area contributed by atoms with E-state index >= 15 is 0 Å². The third kappa shape index (κ3) is 9.81. The normalized spacial score (nSPS) is 36.5. The molecule has 20 heteroatoms. The Bertz CT molecular complexity index is 844. The largest absolute Gasteiger partial charge is 1.00 e. The van der Waals surface area contributed by atoms with Gasteiger partial charge in [0.1, 0.15) is 24.4 Å². The molecule has 0 amide bonds. The number of carbonyl (C=O) groups is 1. The van der Waals surface area contributed by atoms with Crippen LogP contribution >= 0.6 is 0 Å². The summed E-state index contributed by atoms with van der Waals surface area (Å²) in [5.74, 6) is -1.65. The van der Waals surface area contributed by atoms with Crippen LogP contribution in [0.2, 0.25) is 0 Å². The molecule has 0 bridgehead atoms. The molecule has 0 aromatic rings. The molecule has 3 aliphatic rings. The topological polar surface area (TPSA) is 236 Å². The number of aliphatic hydroxyl groups excluding tert-OH is 1. The smallest absolute Gasteiger partial charge is 0.735 e. The maximum absolute atomic E-state index is 11.3. The van der Waals surface area contributed by atoms with Gasteiger partial charge >= 0.3 is 88.7 Å². The maximum Gasteiger partial charge on any atom is 1.00 e. The monoisotopic (exact) mass is 531 g/mol. The molecule has 0 spiro atoms. The molecule has 32 heavy (non-hydrogen) atoms. The number of hydrogen-bond acceptors (Lipinski definition) is 14. The van der Waals surface area contributed by atoms with Gasteiger partial charge in [-0.2, -0.15) is 0 Å². The third-order valence-electron chi connectivity index (χ3n) is 4.42. The van der Waals surface area contributed by atoms with Crippen molar-refractivity contribution in [3.8, 4) is 0 Å². The Morgan fingerprint density at radius 1 is 1.12 bits per heavy atom. The second-order valence-corrected chi connectivity index (χ2v) is 8.73. The van der Waals surface area contributed by atoms with Crippen molar-refractivity contribution in [2.45, 2.75) is 55.4 Å². The Morgan fingerprint density at radius 2 is 1.75 bits per heavy atom. The van der Waals surface area contributed by atoms with Gasteiger partial charge in [0.15, 0.2) is 16.6 Å². The Labute approximate surface area is 249 Å². The van der Waals surface area contributed by atoms with Crippen molar-refractivity contribution in [3.05, 3.63) is 0 Å². The molecule has 168 valence electrons. The van der Waals surface area contributed by atoms with Crippen LogP contribution < -0.4 is 98.5 Å². The molecule has 0 aliphatic carbocycles. The summed E-state index contributed by atoms with van der Waals surface area (Å²) in [7, 11) is -10.2. The van der Waals surface area contributed by atoms with Crippen LogP contribution in [0.4, 0.5) is 0 Å². The Morgan fingerprint density at radius 3 is 2.28 bits per heavy atom. The van der Waals surface area contributed by atoms with E-state index in [1.54, 1.807) is 4.72 Å². The molecule has 0 radical (unpaired) electrons. The summed E-state index contributed by atoms with van der Waals surface area (Å²) in [6, 6.07) is -1.68. The number of hydrogen-bond donors (Lipinski definition) is 2. The van der Waals surface area contributed by atoms with Gasteiger partial charge in [0, 0.05) is 6.42 Å². The molecule has 2 N–H and O–H groups in total. The Hall–Kier alpha value is 2.01. The van der Waals surface area contributed by atoms with Crippen molar-refractivity contribution in [3.63, 3.8) is 0 Å². The predicted octanol–water partition coefficient (Wildman–Crippen LogP) is -14.3. The molecular weight excluding hydrogens is 515 g/mol. The quantitative estimate of drug-likeness (QED) is 0.128. The van der Waals surface area contributed by atoms with Crippen molar-refractivity contribution < 1.29 is 153 Å². The molecule has 3 fully saturated rings. The molecule has 3 saturated heterocycles. The average molecular weight is 531 g/mol. The van der Waals surface area contributed by atoms with E-state index in [4.69, 9.17) is 18.9 Å². The number of carboxylic acids is 1. The van der Waals surface area contributed by atoms with Gasteiger partial charge in [-0.05, 0) is 0 Å². The first-order chi connectivity index (χ1) is 13.3. The van der Waals surface area contributed by atoms with Gasteiger partial charge in [-0.3, -0.25) is 4.18 Å². The molecule has 3 aliphatic heterocycles. The minimum absolute atomic E-state index is 0. The first-order valence-corrected chi connectivity index (χ1v) is 10.9. The number of nitrogens with one attached hydrogen (secondary N) is 1. The molecule has 4 unspecified atom stereocenters. The summed E-state index contributed by atoms with van der Waals surface area (Å²) in [5.41, 5.74) is 0. The molecule has 3 rings (SSSR count). The summed E-state index contributed by atoms with van der Waals surface area (Å²) in [5, 5.41) is 21.5. The van der Waals surface area contributed by atoms with Crippen LogP contribution in [0, 0.1) is 0 Å². The predicted molar refractivity (Wildman–Crippen MR) is 79.8 cm³/mol. The van der Waals surface area contributed by atoms with Crippen molar-refractivity contribution in [1.29, 1.82) is 0 Å². The standard InChI is InChI=1S/C12H19NO14S2.3Na/c14-5-1-4(2-24-29(20,21)22)25-12(7(5)13-28(17,18)19)27-9-8-6(26-8)3-23-10(9)11(15)16;;;/h4-10,12-14H,1-3H2,(H,15,16)(H,17,18,19)(H,20,21,22);;;/q;3*+1/p-3/t4?,5-,6?,7?,8+,9+,10?,12-;;;/m0.../s1. The van der Waals surface area contributed by atoms with Crippen LogP contribution in [0.15, 0.2) is 0 Å². The van der Waals surface area contributed by atoms with Crippen LogP contribution in [-0.4, -0.2) is 99.2 Å². The molecular formula is C12H16NNa3O14S2. The van der Waals surface area contributed by atoms with Gasteiger partial charge in [0.05, 0.1) is 37.4 Å². The first-order valence-electron chi connectivity index (χ1n) is 8.14. The van der Waals surface area contributed by atoms with Crippen LogP contribution in [0.25, 0.3) is 0 Å². The summed E-state index contributed by atoms with van der Waals surface area (Å²) in [4.78, 5) is 11.3. The van der Waals surface area contributed by atoms with Gasteiger partial charge in [0.25, 0.3) is 0 Å². The number of carbonyl (C=O) groups excluding carboxylic acids is 1. The summed E-state index contributed by atoms with van der Waals surface area (Å²) < 4.78 is 91.7. The van der Waals surface area contributed by atoms with Gasteiger partial charge in [-0.25, -0.2) is 21.6 Å². The van der Waals surface area contributed by atoms with Crippen LogP contribution in [0.3, 0.4) is 0 Å². The molecule has 0 saturated carbocycles. The Kier molecular flexibility index (Phi) is 14.4. The SMILES string of the molecule is O=C([O-])C1OCC2O[C@H]2[C@H]1O[C@@H]1OC(COS(=O)(=O)[O-])C[C@H](O)C1NS(=O)(=O)[O-].[Na+].[Na+].[Na+]. The van der Waals surface area contributed by atoms with Crippen molar-refractivity contribution in [1.82, 2.24) is 4.72 Å². The van der Waals surface area contributed by atoms with Crippen molar-refractivity contribution in [2.24, 2.45) is 0 Å². The fourth-order valence-corrected chi connectivity index (χ4v) is 4.08. The number of rotatable bonds is 8. The van der Waals surface area contributed by atoms with Gasteiger partial charge in [-0.1, -0.05) is 0 Å². The summed E-state index contributed by atoms with van der Waals surface area (Å²) >= 11 is 0. The maximum atomic E-state index is 11.3. The summed E-state index contributed by atoms with van der Waals surface area (Å²) in [6.45, 7) is -0.890. The molecule has 3 heterocycles. The molecule has 0 aromatic carbocycles. The number of aliphatic hydroxyl groups is 1. The second-order valence-electron chi connectivity index (χ2n) is 6.53. The van der Waals surface area contributed by atoms with Crippen molar-refractivity contribution in [2.75, 3.05) is 13.2 Å². The van der Waals surface area contributed by atoms with Gasteiger partial charge in [-0.15, -0.1) is 0 Å². The zero-order chi connectivity index (χ0) is 21.6. The van der Waals surface area contributed by atoms with E-state index in [9.17, 15) is 40.9 Å². The molecule has 15 nitrogen and oxygen atoms in total. The number of fused-ring (bicyclic) bond motifs is 1. The fraction of sp³-hybridized carbons (Fsp3) is 0.917. The van der Waals surface area contributed by atoms with E-state index in [1.165, 1.54) is 0 Å². The van der Waals surface area contributed by atoms with E-state index in [1.807, 2.05) is 0 Å². The van der Waals surface area contributed by atoms with E-state index < -0.39 is 88.7 Å². The van der Waals surface area contributed by atoms with Gasteiger partial charge in [0.2, 0.25) is 10.4 Å². The van der Waals surface area contributed by atoms with Crippen LogP contribution in [0.1, 0.15) is 6.42 Å². The molecule has 8 atom stereocenters. The second kappa shape index (κ2) is 13.5. The number of epoxide rings is 1. The number of ether oxygens (including phenoxy) is 4. The summed E-state index contributed by atoms with van der Waals surface area (Å²) in [6.07, 6.45) is -9.32.